The number of benzene rings is 1. The quantitative estimate of drug-likeness (QED) is 0.462. The summed E-state index contributed by atoms with van der Waals surface area (Å²) in [6.45, 7) is 2.32. The van der Waals surface area contributed by atoms with Gasteiger partial charge in [0, 0.05) is 41.5 Å². The van der Waals surface area contributed by atoms with E-state index >= 15 is 0 Å². The summed E-state index contributed by atoms with van der Waals surface area (Å²) < 4.78 is 60.9. The Morgan fingerprint density at radius 2 is 1.76 bits per heavy atom. The van der Waals surface area contributed by atoms with Crippen LogP contribution in [-0.4, -0.2) is 53.0 Å². The molecule has 1 N–H and O–H groups in total. The monoisotopic (exact) mass is 502 g/mol. The van der Waals surface area contributed by atoms with E-state index in [9.17, 15) is 27.2 Å². The van der Waals surface area contributed by atoms with Crippen LogP contribution < -0.4 is 15.0 Å². The number of ether oxygens (including phenoxy) is 2. The fourth-order valence-corrected chi connectivity index (χ4v) is 4.26. The fourth-order valence-electron chi connectivity index (χ4n) is 4.16. The molecule has 2 fully saturated rings. The number of carbonyl (C=O) groups excluding carboxylic acids is 2. The molecule has 8 nitrogen and oxygen atoms in total. The minimum atomic E-state index is -4.93. The van der Waals surface area contributed by atoms with Crippen LogP contribution in [0.25, 0.3) is 0 Å². The van der Waals surface area contributed by atoms with E-state index in [1.54, 1.807) is 0 Å². The molecule has 1 aliphatic carbocycles. The maximum absolute atomic E-state index is 14.1. The highest BCUT2D eigenvalue weighted by Gasteiger charge is 2.57. The van der Waals surface area contributed by atoms with Crippen LogP contribution in [0.2, 0.25) is 0 Å². The number of alkyl halides is 5. The first-order chi connectivity index (χ1) is 16.0. The molecule has 2 amide bonds. The second-order valence-electron chi connectivity index (χ2n) is 8.08. The highest BCUT2D eigenvalue weighted by molar-refractivity contribution is 6.32. The number of nitrogens with one attached hydrogen (secondary N) is 1. The van der Waals surface area contributed by atoms with Crippen molar-refractivity contribution in [1.29, 1.82) is 0 Å². The Morgan fingerprint density at radius 3 is 2.29 bits per heavy atom. The average molecular weight is 503 g/mol. The number of halogens is 5. The zero-order valence-electron chi connectivity index (χ0n) is 17.6. The highest BCUT2D eigenvalue weighted by Crippen LogP contribution is 2.45. The number of hydrogen-bond acceptors (Lipinski definition) is 6. The molecule has 2 aromatic rings. The topological polar surface area (TPSA) is 93.6 Å². The number of amides is 2. The summed E-state index contributed by atoms with van der Waals surface area (Å²) in [5, 5.41) is 2.87. The molecule has 0 bridgehead atoms. The first kappa shape index (κ1) is 24.1. The summed E-state index contributed by atoms with van der Waals surface area (Å²) in [5.74, 6) is -2.27. The van der Waals surface area contributed by atoms with E-state index in [2.05, 4.69) is 20.0 Å². The Hall–Kier alpha value is -2.99. The number of carbonyl (C=O) groups is 2. The Kier molecular flexibility index (Phi) is 6.38. The first-order valence-electron chi connectivity index (χ1n) is 10.1. The van der Waals surface area contributed by atoms with E-state index in [0.717, 1.165) is 29.2 Å². The Bertz CT molecular complexity index is 1050. The van der Waals surface area contributed by atoms with Crippen LogP contribution in [0, 0.1) is 11.8 Å². The van der Waals surface area contributed by atoms with Gasteiger partial charge in [-0.25, -0.2) is 14.4 Å². The van der Waals surface area contributed by atoms with Crippen LogP contribution in [0.3, 0.4) is 0 Å². The van der Waals surface area contributed by atoms with Crippen molar-refractivity contribution in [2.75, 3.05) is 18.1 Å². The molecular weight excluding hydrogens is 484 g/mol. The third-order valence-electron chi connectivity index (χ3n) is 6.00. The second kappa shape index (κ2) is 8.99. The predicted molar refractivity (Wildman–Crippen MR) is 110 cm³/mol. The Labute approximate surface area is 196 Å². The standard InChI is InChI=1S/C21H19ClF4N4O4/c1-20(11-6-27-10-28-7-11,19(32)29-16-14-8-33-9-15(14)16)30(18(31)17(22)23)12-2-4-13(5-3-12)34-21(24,25)26/h2-7,10,14-17H,8-9H2,1H3,(H,29,32)/t14?,15?,16?,17-,20-/m0/s1. The van der Waals surface area contributed by atoms with Gasteiger partial charge < -0.3 is 14.8 Å². The van der Waals surface area contributed by atoms with Crippen LogP contribution in [0.4, 0.5) is 23.2 Å². The molecule has 2 aliphatic rings. The molecule has 1 saturated heterocycles. The van der Waals surface area contributed by atoms with Gasteiger partial charge in [0.1, 0.15) is 12.1 Å². The fraction of sp³-hybridized carbons (Fsp3) is 0.429. The zero-order chi connectivity index (χ0) is 24.7. The maximum atomic E-state index is 14.1. The van der Waals surface area contributed by atoms with Gasteiger partial charge in [-0.1, -0.05) is 11.6 Å². The van der Waals surface area contributed by atoms with Crippen LogP contribution in [0.1, 0.15) is 12.5 Å². The molecule has 1 aromatic heterocycles. The number of rotatable bonds is 7. The average Bonchev–Trinajstić information content (AvgIpc) is 3.19. The maximum Gasteiger partial charge on any atom is 0.573 e. The van der Waals surface area contributed by atoms with Gasteiger partial charge in [0.05, 0.1) is 13.2 Å². The number of fused-ring (bicyclic) bond motifs is 1. The van der Waals surface area contributed by atoms with Gasteiger partial charge in [-0.3, -0.25) is 14.5 Å². The second-order valence-corrected chi connectivity index (χ2v) is 8.46. The molecule has 2 heterocycles. The van der Waals surface area contributed by atoms with Gasteiger partial charge in [0.2, 0.25) is 0 Å². The van der Waals surface area contributed by atoms with Crippen molar-refractivity contribution < 1.29 is 36.6 Å². The number of anilines is 1. The normalized spacial score (nSPS) is 23.9. The highest BCUT2D eigenvalue weighted by atomic mass is 35.5. The van der Waals surface area contributed by atoms with E-state index < -0.39 is 35.1 Å². The molecule has 34 heavy (non-hydrogen) atoms. The number of nitrogens with zero attached hydrogens (tertiary/aromatic N) is 3. The van der Waals surface area contributed by atoms with Gasteiger partial charge in [0.25, 0.3) is 17.4 Å². The van der Waals surface area contributed by atoms with Crippen molar-refractivity contribution in [3.05, 3.63) is 48.5 Å². The number of hydrogen-bond donors (Lipinski definition) is 1. The lowest BCUT2D eigenvalue weighted by molar-refractivity contribution is -0.274. The molecule has 182 valence electrons. The van der Waals surface area contributed by atoms with Gasteiger partial charge in [-0.2, -0.15) is 0 Å². The summed E-state index contributed by atoms with van der Waals surface area (Å²) in [7, 11) is 0. The summed E-state index contributed by atoms with van der Waals surface area (Å²) in [4.78, 5) is 35.1. The van der Waals surface area contributed by atoms with Crippen molar-refractivity contribution in [2.45, 2.75) is 30.5 Å². The Morgan fingerprint density at radius 1 is 1.18 bits per heavy atom. The Balaban J connectivity index is 1.74. The molecule has 4 rings (SSSR count). The summed E-state index contributed by atoms with van der Waals surface area (Å²) >= 11 is 5.47. The van der Waals surface area contributed by atoms with Crippen LogP contribution >= 0.6 is 11.6 Å². The number of aromatic nitrogens is 2. The lowest BCUT2D eigenvalue weighted by atomic mass is 9.89. The van der Waals surface area contributed by atoms with E-state index in [4.69, 9.17) is 16.3 Å². The first-order valence-corrected chi connectivity index (χ1v) is 10.6. The lowest BCUT2D eigenvalue weighted by Crippen LogP contribution is -2.59. The van der Waals surface area contributed by atoms with Crippen LogP contribution in [0.5, 0.6) is 5.75 Å². The minimum absolute atomic E-state index is 0.0938. The van der Waals surface area contributed by atoms with Gasteiger partial charge in [0.15, 0.2) is 5.54 Å². The molecule has 0 radical (unpaired) electrons. The minimum Gasteiger partial charge on any atom is -0.406 e. The van der Waals surface area contributed by atoms with Gasteiger partial charge >= 0.3 is 6.36 Å². The summed E-state index contributed by atoms with van der Waals surface area (Å²) in [6, 6.07) is 3.86. The van der Waals surface area contributed by atoms with Gasteiger partial charge in [-0.05, 0) is 31.2 Å². The van der Waals surface area contributed by atoms with Crippen molar-refractivity contribution in [3.8, 4) is 5.75 Å². The van der Waals surface area contributed by atoms with Crippen molar-refractivity contribution in [1.82, 2.24) is 15.3 Å². The zero-order valence-corrected chi connectivity index (χ0v) is 18.4. The molecule has 2 unspecified atom stereocenters. The lowest BCUT2D eigenvalue weighted by Gasteiger charge is -2.40. The van der Waals surface area contributed by atoms with Crippen molar-refractivity contribution >= 4 is 29.1 Å². The summed E-state index contributed by atoms with van der Waals surface area (Å²) in [5.41, 5.74) is -4.40. The molecule has 1 saturated carbocycles. The summed E-state index contributed by atoms with van der Waals surface area (Å²) in [6.07, 6.45) is -1.16. The van der Waals surface area contributed by atoms with Crippen molar-refractivity contribution in [2.24, 2.45) is 11.8 Å². The van der Waals surface area contributed by atoms with Crippen LogP contribution in [-0.2, 0) is 19.9 Å². The smallest absolute Gasteiger partial charge is 0.406 e. The molecular formula is C21H19ClF4N4O4. The van der Waals surface area contributed by atoms with Crippen LogP contribution in [0.15, 0.2) is 43.0 Å². The molecule has 0 spiro atoms. The predicted octanol–water partition coefficient (Wildman–Crippen LogP) is 2.92. The largest absolute Gasteiger partial charge is 0.573 e. The molecule has 4 atom stereocenters. The third kappa shape index (κ3) is 4.64. The molecule has 1 aliphatic heterocycles. The van der Waals surface area contributed by atoms with Crippen molar-refractivity contribution in [3.63, 3.8) is 0 Å². The third-order valence-corrected chi connectivity index (χ3v) is 6.18. The van der Waals surface area contributed by atoms with Gasteiger partial charge in [-0.15, -0.1) is 13.2 Å². The SMILES string of the molecule is C[C@@](C(=O)NC1C2COCC21)(c1cncnc1)N(C(=O)[C@H](F)Cl)c1ccc(OC(F)(F)F)cc1. The van der Waals surface area contributed by atoms with E-state index in [1.807, 2.05) is 0 Å². The van der Waals surface area contributed by atoms with E-state index in [1.165, 1.54) is 25.6 Å². The van der Waals surface area contributed by atoms with E-state index in [0.29, 0.717) is 13.2 Å². The molecule has 13 heteroatoms. The van der Waals surface area contributed by atoms with E-state index in [-0.39, 0.29) is 29.1 Å². The molecule has 1 aromatic carbocycles.